The van der Waals surface area contributed by atoms with Gasteiger partial charge in [0.05, 0.1) is 11.0 Å². The number of aromatic nitrogens is 2. The number of amides is 2. The lowest BCUT2D eigenvalue weighted by atomic mass is 9.95. The van der Waals surface area contributed by atoms with Crippen molar-refractivity contribution in [2.45, 2.75) is 25.6 Å². The highest BCUT2D eigenvalue weighted by atomic mass is 19.4. The van der Waals surface area contributed by atoms with E-state index in [-0.39, 0.29) is 31.8 Å². The van der Waals surface area contributed by atoms with Gasteiger partial charge in [-0.25, -0.2) is 0 Å². The van der Waals surface area contributed by atoms with Gasteiger partial charge in [0.2, 0.25) is 5.91 Å². The number of nitrogens with zero attached hydrogens (tertiary/aromatic N) is 3. The number of alkyl halides is 3. The molecule has 138 valence electrons. The molecule has 0 spiro atoms. The molecule has 0 saturated carbocycles. The lowest BCUT2D eigenvalue weighted by Crippen LogP contribution is -2.47. The molecule has 2 amide bonds. The van der Waals surface area contributed by atoms with Gasteiger partial charge in [-0.3, -0.25) is 19.6 Å². The average Bonchev–Trinajstić information content (AvgIpc) is 2.64. The second kappa shape index (κ2) is 7.27. The molecule has 1 aromatic carbocycles. The number of hydrogen-bond donors (Lipinski definition) is 1. The fourth-order valence-electron chi connectivity index (χ4n) is 2.98. The summed E-state index contributed by atoms with van der Waals surface area (Å²) in [5.74, 6) is -2.45. The van der Waals surface area contributed by atoms with Gasteiger partial charge in [0.1, 0.15) is 0 Å². The quantitative estimate of drug-likeness (QED) is 0.902. The first kappa shape index (κ1) is 18.1. The van der Waals surface area contributed by atoms with E-state index in [1.54, 1.807) is 12.4 Å². The molecular formula is C17H17F3N4O2. The average molecular weight is 366 g/mol. The summed E-state index contributed by atoms with van der Waals surface area (Å²) in [6.07, 6.45) is -1.25. The molecule has 26 heavy (non-hydrogen) atoms. The number of likely N-dealkylation sites (tertiary alicyclic amines) is 1. The van der Waals surface area contributed by atoms with E-state index < -0.39 is 18.0 Å². The smallest absolute Gasteiger partial charge is 0.352 e. The number of piperidine rings is 1. The second-order valence-corrected chi connectivity index (χ2v) is 6.16. The standard InChI is InChI=1S/C17H17F3N4O2/c18-17(19,20)16(26)24-7-3-12(4-8-24)15(25)23-10-11-1-2-13-14(9-11)22-6-5-21-13/h1-2,5-6,9,12H,3-4,7-8,10H2,(H,23,25). The van der Waals surface area contributed by atoms with Gasteiger partial charge in [0.15, 0.2) is 0 Å². The lowest BCUT2D eigenvalue weighted by Gasteiger charge is -2.31. The maximum Gasteiger partial charge on any atom is 0.471 e. The minimum Gasteiger partial charge on any atom is -0.352 e. The van der Waals surface area contributed by atoms with E-state index in [1.165, 1.54) is 0 Å². The Morgan fingerprint density at radius 3 is 2.42 bits per heavy atom. The van der Waals surface area contributed by atoms with Gasteiger partial charge in [0, 0.05) is 37.9 Å². The molecule has 1 fully saturated rings. The number of rotatable bonds is 3. The Bertz CT molecular complexity index is 817. The maximum atomic E-state index is 12.4. The van der Waals surface area contributed by atoms with Crippen LogP contribution in [0, 0.1) is 5.92 Å². The van der Waals surface area contributed by atoms with E-state index in [9.17, 15) is 22.8 Å². The van der Waals surface area contributed by atoms with Crippen molar-refractivity contribution in [1.82, 2.24) is 20.2 Å². The van der Waals surface area contributed by atoms with Crippen LogP contribution in [0.2, 0.25) is 0 Å². The molecule has 0 atom stereocenters. The Hall–Kier alpha value is -2.71. The Morgan fingerprint density at radius 1 is 1.12 bits per heavy atom. The third-order valence-corrected chi connectivity index (χ3v) is 4.40. The first-order chi connectivity index (χ1) is 12.3. The molecule has 0 bridgehead atoms. The maximum absolute atomic E-state index is 12.4. The van der Waals surface area contributed by atoms with Crippen molar-refractivity contribution in [3.05, 3.63) is 36.2 Å². The van der Waals surface area contributed by atoms with E-state index in [0.717, 1.165) is 21.5 Å². The highest BCUT2D eigenvalue weighted by molar-refractivity contribution is 5.83. The normalized spacial score (nSPS) is 15.9. The number of halogens is 3. The molecule has 1 aromatic heterocycles. The van der Waals surface area contributed by atoms with Crippen LogP contribution in [0.25, 0.3) is 11.0 Å². The summed E-state index contributed by atoms with van der Waals surface area (Å²) in [6.45, 7) is 0.164. The molecule has 9 heteroatoms. The Morgan fingerprint density at radius 2 is 1.77 bits per heavy atom. The van der Waals surface area contributed by atoms with Crippen molar-refractivity contribution in [1.29, 1.82) is 0 Å². The predicted molar refractivity (Wildman–Crippen MR) is 86.7 cm³/mol. The van der Waals surface area contributed by atoms with Gasteiger partial charge < -0.3 is 10.2 Å². The molecule has 2 heterocycles. The van der Waals surface area contributed by atoms with Gasteiger partial charge in [0.25, 0.3) is 0 Å². The second-order valence-electron chi connectivity index (χ2n) is 6.16. The molecule has 6 nitrogen and oxygen atoms in total. The minimum absolute atomic E-state index is 0.0675. The molecule has 0 aliphatic carbocycles. The van der Waals surface area contributed by atoms with Crippen LogP contribution >= 0.6 is 0 Å². The molecular weight excluding hydrogens is 349 g/mol. The first-order valence-corrected chi connectivity index (χ1v) is 8.18. The van der Waals surface area contributed by atoms with Crippen molar-refractivity contribution in [2.75, 3.05) is 13.1 Å². The molecule has 1 saturated heterocycles. The van der Waals surface area contributed by atoms with E-state index >= 15 is 0 Å². The number of carbonyl (C=O) groups excluding carboxylic acids is 2. The molecule has 2 aromatic rings. The summed E-state index contributed by atoms with van der Waals surface area (Å²) in [4.78, 5) is 32.6. The number of nitrogens with one attached hydrogen (secondary N) is 1. The minimum atomic E-state index is -4.87. The van der Waals surface area contributed by atoms with Crippen molar-refractivity contribution < 1.29 is 22.8 Å². The molecule has 0 radical (unpaired) electrons. The Balaban J connectivity index is 1.52. The van der Waals surface area contributed by atoms with E-state index in [4.69, 9.17) is 0 Å². The van der Waals surface area contributed by atoms with Gasteiger partial charge >= 0.3 is 12.1 Å². The van der Waals surface area contributed by atoms with Crippen LogP contribution < -0.4 is 5.32 Å². The highest BCUT2D eigenvalue weighted by Crippen LogP contribution is 2.24. The fourth-order valence-corrected chi connectivity index (χ4v) is 2.98. The van der Waals surface area contributed by atoms with Crippen molar-refractivity contribution >= 4 is 22.8 Å². The molecule has 0 unspecified atom stereocenters. The fraction of sp³-hybridized carbons (Fsp3) is 0.412. The third kappa shape index (κ3) is 4.09. The summed E-state index contributed by atoms with van der Waals surface area (Å²) < 4.78 is 37.3. The Kier molecular flexibility index (Phi) is 5.06. The Labute approximate surface area is 147 Å². The lowest BCUT2D eigenvalue weighted by molar-refractivity contribution is -0.186. The number of benzene rings is 1. The summed E-state index contributed by atoms with van der Waals surface area (Å²) in [7, 11) is 0. The van der Waals surface area contributed by atoms with Crippen molar-refractivity contribution in [2.24, 2.45) is 5.92 Å². The predicted octanol–water partition coefficient (Wildman–Crippen LogP) is 2.05. The van der Waals surface area contributed by atoms with Gasteiger partial charge in [-0.15, -0.1) is 0 Å². The topological polar surface area (TPSA) is 75.2 Å². The zero-order valence-electron chi connectivity index (χ0n) is 13.8. The largest absolute Gasteiger partial charge is 0.471 e. The van der Waals surface area contributed by atoms with Crippen molar-refractivity contribution in [3.8, 4) is 0 Å². The first-order valence-electron chi connectivity index (χ1n) is 8.18. The zero-order chi connectivity index (χ0) is 18.7. The zero-order valence-corrected chi connectivity index (χ0v) is 13.8. The monoisotopic (exact) mass is 366 g/mol. The van der Waals surface area contributed by atoms with Crippen LogP contribution in [-0.2, 0) is 16.1 Å². The summed E-state index contributed by atoms with van der Waals surface area (Å²) in [5, 5.41) is 2.79. The van der Waals surface area contributed by atoms with Gasteiger partial charge in [-0.05, 0) is 30.5 Å². The summed E-state index contributed by atoms with van der Waals surface area (Å²) >= 11 is 0. The van der Waals surface area contributed by atoms with Crippen LogP contribution in [0.15, 0.2) is 30.6 Å². The van der Waals surface area contributed by atoms with E-state index in [1.807, 2.05) is 18.2 Å². The van der Waals surface area contributed by atoms with Crippen LogP contribution in [0.4, 0.5) is 13.2 Å². The number of carbonyl (C=O) groups is 2. The molecule has 1 aliphatic heterocycles. The SMILES string of the molecule is O=C(NCc1ccc2nccnc2c1)C1CCN(C(=O)C(F)(F)F)CC1. The molecule has 3 rings (SSSR count). The molecule has 1 N–H and O–H groups in total. The number of fused-ring (bicyclic) bond motifs is 1. The van der Waals surface area contributed by atoms with Crippen LogP contribution in [0.3, 0.4) is 0 Å². The number of hydrogen-bond acceptors (Lipinski definition) is 4. The van der Waals surface area contributed by atoms with Crippen molar-refractivity contribution in [3.63, 3.8) is 0 Å². The van der Waals surface area contributed by atoms with E-state index in [0.29, 0.717) is 6.54 Å². The highest BCUT2D eigenvalue weighted by Gasteiger charge is 2.43. The van der Waals surface area contributed by atoms with E-state index in [2.05, 4.69) is 15.3 Å². The summed E-state index contributed by atoms with van der Waals surface area (Å²) in [6, 6.07) is 5.47. The summed E-state index contributed by atoms with van der Waals surface area (Å²) in [5.41, 5.74) is 2.33. The van der Waals surface area contributed by atoms with Crippen LogP contribution in [-0.4, -0.2) is 45.9 Å². The van der Waals surface area contributed by atoms with Gasteiger partial charge in [-0.1, -0.05) is 6.07 Å². The third-order valence-electron chi connectivity index (χ3n) is 4.40. The molecule has 1 aliphatic rings. The van der Waals surface area contributed by atoms with Gasteiger partial charge in [-0.2, -0.15) is 13.2 Å². The van der Waals surface area contributed by atoms with Crippen LogP contribution in [0.1, 0.15) is 18.4 Å². The van der Waals surface area contributed by atoms with Crippen LogP contribution in [0.5, 0.6) is 0 Å².